The van der Waals surface area contributed by atoms with Crippen LogP contribution in [0.1, 0.15) is 95.5 Å². The maximum absolute atomic E-state index is 15.4. The van der Waals surface area contributed by atoms with E-state index in [0.29, 0.717) is 100 Å². The van der Waals surface area contributed by atoms with E-state index in [1.807, 2.05) is 71.6 Å². The molecule has 362 valence electrons. The molecule has 70 heavy (non-hydrogen) atoms. The number of piperazine rings is 1. The summed E-state index contributed by atoms with van der Waals surface area (Å²) in [4.78, 5) is 58.7. The normalized spacial score (nSPS) is 15.4. The van der Waals surface area contributed by atoms with Gasteiger partial charge in [0.1, 0.15) is 28.9 Å². The second-order valence-corrected chi connectivity index (χ2v) is 18.6. The standard InChI is InChI=1S/C55H53Cl3FN5O6/c1-4-40-32-63(33-47(35-13-15-37(56)16-14-35)64(40)41-20-17-38(57)18-21-41)52(67)29-42(65)8-6-24-70-25-7-10-48(66)44-22-12-34(26-50(44)69-3)27-51-60-30-36-31-61-55(53-46(59)9-5-11-49(53)68-2)45-28-39(58)19-23-43(45)54(36)62-51/h5,9,11-23,26,28,30,40,47H,4,6-8,10,24-25,27,29,31-33H2,1-3H3/t40-,47-/m0/s1. The smallest absolute Gasteiger partial charge is 0.230 e. The number of fused-ring (bicyclic) bond motifs is 3. The van der Waals surface area contributed by atoms with Gasteiger partial charge in [0.25, 0.3) is 0 Å². The molecule has 0 bridgehead atoms. The third kappa shape index (κ3) is 11.7. The third-order valence-corrected chi connectivity index (χ3v) is 13.5. The number of aromatic nitrogens is 2. The molecule has 0 unspecified atom stereocenters. The molecule has 2 aliphatic heterocycles. The molecule has 0 N–H and O–H groups in total. The Kier molecular flexibility index (Phi) is 16.6. The first kappa shape index (κ1) is 50.2. The van der Waals surface area contributed by atoms with Crippen LogP contribution in [0, 0.1) is 5.82 Å². The summed E-state index contributed by atoms with van der Waals surface area (Å²) in [7, 11) is 3.02. The number of carbonyl (C=O) groups is 3. The van der Waals surface area contributed by atoms with Crippen LogP contribution in [-0.2, 0) is 27.3 Å². The van der Waals surface area contributed by atoms with Crippen LogP contribution in [0.3, 0.4) is 0 Å². The average Bonchev–Trinajstić information content (AvgIpc) is 3.51. The summed E-state index contributed by atoms with van der Waals surface area (Å²) < 4.78 is 32.4. The van der Waals surface area contributed by atoms with Crippen LogP contribution < -0.4 is 14.4 Å². The lowest BCUT2D eigenvalue weighted by Crippen LogP contribution is -2.56. The average molecular weight is 1010 g/mol. The van der Waals surface area contributed by atoms with E-state index in [1.54, 1.807) is 36.5 Å². The van der Waals surface area contributed by atoms with Gasteiger partial charge < -0.3 is 24.0 Å². The Bertz CT molecular complexity index is 2900. The van der Waals surface area contributed by atoms with Crippen LogP contribution in [0.4, 0.5) is 10.1 Å². The van der Waals surface area contributed by atoms with Gasteiger partial charge in [-0.1, -0.05) is 72.1 Å². The lowest BCUT2D eigenvalue weighted by molar-refractivity contribution is -0.136. The molecule has 6 aromatic rings. The number of hydrogen-bond donors (Lipinski definition) is 0. The number of carbonyl (C=O) groups excluding carboxylic acids is 3. The van der Waals surface area contributed by atoms with Crippen LogP contribution in [0.5, 0.6) is 11.5 Å². The molecule has 1 saturated heterocycles. The maximum Gasteiger partial charge on any atom is 0.230 e. The van der Waals surface area contributed by atoms with Crippen molar-refractivity contribution in [3.05, 3.63) is 169 Å². The van der Waals surface area contributed by atoms with Crippen molar-refractivity contribution in [3.63, 3.8) is 0 Å². The van der Waals surface area contributed by atoms with Crippen molar-refractivity contribution in [3.8, 4) is 22.8 Å². The molecule has 0 aliphatic carbocycles. The molecule has 1 aromatic heterocycles. The number of nitrogens with zero attached hydrogens (tertiary/aromatic N) is 5. The SMILES string of the molecule is CC[C@H]1CN(C(=O)CC(=O)CCCOCCCC(=O)c2ccc(Cc3ncc4c(n3)-c3ccc(Cl)cc3C(c3c(F)cccc3OC)=NC4)cc2OC)C[C@@H](c2ccc(Cl)cc2)N1c1ccc(Cl)cc1. The van der Waals surface area contributed by atoms with E-state index in [1.165, 1.54) is 20.3 Å². The molecule has 0 radical (unpaired) electrons. The van der Waals surface area contributed by atoms with Gasteiger partial charge in [-0.05, 0) is 103 Å². The molecule has 1 amide bonds. The van der Waals surface area contributed by atoms with E-state index in [2.05, 4.69) is 16.8 Å². The first-order valence-electron chi connectivity index (χ1n) is 23.3. The number of ether oxygens (including phenoxy) is 3. The van der Waals surface area contributed by atoms with Gasteiger partial charge in [-0.3, -0.25) is 19.4 Å². The maximum atomic E-state index is 15.4. The van der Waals surface area contributed by atoms with E-state index in [9.17, 15) is 14.4 Å². The Morgan fingerprint density at radius 3 is 2.23 bits per heavy atom. The minimum atomic E-state index is -0.467. The Morgan fingerprint density at radius 1 is 0.786 bits per heavy atom. The summed E-state index contributed by atoms with van der Waals surface area (Å²) in [5.74, 6) is 0.463. The van der Waals surface area contributed by atoms with Gasteiger partial charge in [0.05, 0.1) is 55.8 Å². The first-order chi connectivity index (χ1) is 33.9. The summed E-state index contributed by atoms with van der Waals surface area (Å²) >= 11 is 18.9. The quantitative estimate of drug-likeness (QED) is 0.0443. The van der Waals surface area contributed by atoms with E-state index in [4.69, 9.17) is 59.0 Å². The lowest BCUT2D eigenvalue weighted by atomic mass is 9.94. The van der Waals surface area contributed by atoms with Gasteiger partial charge in [-0.25, -0.2) is 14.4 Å². The van der Waals surface area contributed by atoms with Crippen molar-refractivity contribution in [1.29, 1.82) is 0 Å². The molecule has 2 atom stereocenters. The molecule has 2 aliphatic rings. The number of anilines is 1. The number of amides is 1. The van der Waals surface area contributed by atoms with Gasteiger partial charge in [-0.2, -0.15) is 0 Å². The van der Waals surface area contributed by atoms with Crippen molar-refractivity contribution in [2.24, 2.45) is 4.99 Å². The second-order valence-electron chi connectivity index (χ2n) is 17.3. The fourth-order valence-electron chi connectivity index (χ4n) is 9.19. The molecule has 0 spiro atoms. The van der Waals surface area contributed by atoms with Crippen LogP contribution in [-0.4, -0.2) is 84.6 Å². The highest BCUT2D eigenvalue weighted by atomic mass is 35.5. The molecular formula is C55H53Cl3FN5O6. The zero-order valence-electron chi connectivity index (χ0n) is 39.2. The first-order valence-corrected chi connectivity index (χ1v) is 24.5. The summed E-state index contributed by atoms with van der Waals surface area (Å²) in [6.07, 6.45) is 4.13. The van der Waals surface area contributed by atoms with Crippen molar-refractivity contribution >= 4 is 63.7 Å². The zero-order valence-corrected chi connectivity index (χ0v) is 41.5. The highest BCUT2D eigenvalue weighted by Gasteiger charge is 2.37. The number of Topliss-reactive ketones (excluding diaryl/α,β-unsaturated/α-hetero) is 2. The molecule has 15 heteroatoms. The third-order valence-electron chi connectivity index (χ3n) is 12.7. The molecule has 5 aromatic carbocycles. The minimum absolute atomic E-state index is 0.0241. The Hall–Kier alpha value is -6.18. The summed E-state index contributed by atoms with van der Waals surface area (Å²) in [6, 6.07) is 30.8. The number of halogens is 4. The Labute approximate surface area is 422 Å². The Morgan fingerprint density at radius 2 is 1.50 bits per heavy atom. The fourth-order valence-corrected chi connectivity index (χ4v) is 9.61. The van der Waals surface area contributed by atoms with Crippen molar-refractivity contribution in [1.82, 2.24) is 14.9 Å². The second kappa shape index (κ2) is 23.2. The molecule has 1 fully saturated rings. The highest BCUT2D eigenvalue weighted by molar-refractivity contribution is 6.32. The highest BCUT2D eigenvalue weighted by Crippen LogP contribution is 2.38. The van der Waals surface area contributed by atoms with Gasteiger partial charge in [0.2, 0.25) is 5.91 Å². The summed E-state index contributed by atoms with van der Waals surface area (Å²) in [5, 5.41) is 1.75. The Balaban J connectivity index is 0.812. The molecule has 11 nitrogen and oxygen atoms in total. The van der Waals surface area contributed by atoms with E-state index >= 15 is 4.39 Å². The van der Waals surface area contributed by atoms with E-state index in [0.717, 1.165) is 34.4 Å². The summed E-state index contributed by atoms with van der Waals surface area (Å²) in [5.41, 5.74) is 6.79. The number of ketones is 2. The van der Waals surface area contributed by atoms with Gasteiger partial charge in [0.15, 0.2) is 5.78 Å². The van der Waals surface area contributed by atoms with Crippen LogP contribution in [0.15, 0.2) is 114 Å². The number of methoxy groups -OCH3 is 2. The van der Waals surface area contributed by atoms with Crippen molar-refractivity contribution in [2.75, 3.05) is 45.4 Å². The van der Waals surface area contributed by atoms with E-state index in [-0.39, 0.29) is 60.9 Å². The summed E-state index contributed by atoms with van der Waals surface area (Å²) in [6.45, 7) is 3.92. The monoisotopic (exact) mass is 1000 g/mol. The molecular weight excluding hydrogens is 952 g/mol. The van der Waals surface area contributed by atoms with Crippen molar-refractivity contribution < 1.29 is 33.0 Å². The van der Waals surface area contributed by atoms with Crippen LogP contribution >= 0.6 is 34.8 Å². The van der Waals surface area contributed by atoms with Crippen molar-refractivity contribution in [2.45, 2.75) is 70.5 Å². The minimum Gasteiger partial charge on any atom is -0.496 e. The lowest BCUT2D eigenvalue weighted by Gasteiger charge is -2.48. The number of benzene rings is 5. The molecule has 3 heterocycles. The number of rotatable bonds is 19. The van der Waals surface area contributed by atoms with Crippen LogP contribution in [0.2, 0.25) is 15.1 Å². The molecule has 8 rings (SSSR count). The van der Waals surface area contributed by atoms with E-state index < -0.39 is 5.82 Å². The fraction of sp³-hybridized carbons (Fsp3) is 0.309. The van der Waals surface area contributed by atoms with Gasteiger partial charge in [0, 0.05) is 95.3 Å². The number of aliphatic imine (C=N–C) groups is 1. The van der Waals surface area contributed by atoms with Crippen LogP contribution in [0.25, 0.3) is 11.3 Å². The predicted molar refractivity (Wildman–Crippen MR) is 273 cm³/mol. The zero-order chi connectivity index (χ0) is 49.3. The number of hydrogen-bond acceptors (Lipinski definition) is 10. The predicted octanol–water partition coefficient (Wildman–Crippen LogP) is 11.8. The molecule has 0 saturated carbocycles. The largest absolute Gasteiger partial charge is 0.496 e. The van der Waals surface area contributed by atoms with Gasteiger partial charge in [-0.15, -0.1) is 0 Å². The van der Waals surface area contributed by atoms with Gasteiger partial charge >= 0.3 is 0 Å². The topological polar surface area (TPSA) is 124 Å².